The number of hydrogen-bond donors (Lipinski definition) is 1. The monoisotopic (exact) mass is 219 g/mol. The molecule has 5 nitrogen and oxygen atoms in total. The molecular formula is C11H17N5. The quantitative estimate of drug-likeness (QED) is 0.848. The molecule has 86 valence electrons. The number of rotatable bonds is 4. The number of aryl methyl sites for hydroxylation is 3. The highest BCUT2D eigenvalue weighted by Gasteiger charge is 2.04. The Morgan fingerprint density at radius 2 is 2.19 bits per heavy atom. The maximum Gasteiger partial charge on any atom is 0.0729 e. The van der Waals surface area contributed by atoms with E-state index in [1.54, 1.807) is 4.68 Å². The van der Waals surface area contributed by atoms with Gasteiger partial charge in [0, 0.05) is 38.1 Å². The molecule has 0 saturated carbocycles. The minimum atomic E-state index is 0.789. The van der Waals surface area contributed by atoms with Crippen LogP contribution in [0.3, 0.4) is 0 Å². The second kappa shape index (κ2) is 4.38. The molecule has 0 bridgehead atoms. The normalized spacial score (nSPS) is 10.7. The lowest BCUT2D eigenvalue weighted by atomic mass is 10.2. The molecule has 2 heterocycles. The van der Waals surface area contributed by atoms with Crippen molar-refractivity contribution in [2.75, 3.05) is 5.32 Å². The summed E-state index contributed by atoms with van der Waals surface area (Å²) in [4.78, 5) is 0. The van der Waals surface area contributed by atoms with Gasteiger partial charge in [-0.1, -0.05) is 0 Å². The number of aromatic nitrogens is 4. The van der Waals surface area contributed by atoms with Crippen LogP contribution in [0.25, 0.3) is 0 Å². The molecule has 0 aliphatic heterocycles. The predicted octanol–water partition coefficient (Wildman–Crippen LogP) is 1.56. The van der Waals surface area contributed by atoms with Crippen molar-refractivity contribution in [3.63, 3.8) is 0 Å². The number of anilines is 1. The maximum atomic E-state index is 4.40. The molecule has 0 radical (unpaired) electrons. The van der Waals surface area contributed by atoms with Gasteiger partial charge in [0.15, 0.2) is 0 Å². The van der Waals surface area contributed by atoms with E-state index in [0.717, 1.165) is 24.5 Å². The lowest BCUT2D eigenvalue weighted by molar-refractivity contribution is 0.653. The summed E-state index contributed by atoms with van der Waals surface area (Å²) in [6.07, 6.45) is 5.86. The van der Waals surface area contributed by atoms with Crippen molar-refractivity contribution in [3.05, 3.63) is 29.8 Å². The van der Waals surface area contributed by atoms with E-state index in [-0.39, 0.29) is 0 Å². The smallest absolute Gasteiger partial charge is 0.0729 e. The van der Waals surface area contributed by atoms with Gasteiger partial charge in [0.2, 0.25) is 0 Å². The van der Waals surface area contributed by atoms with Crippen molar-refractivity contribution in [2.45, 2.75) is 26.9 Å². The van der Waals surface area contributed by atoms with E-state index >= 15 is 0 Å². The van der Waals surface area contributed by atoms with Crippen molar-refractivity contribution < 1.29 is 0 Å². The first-order chi connectivity index (χ1) is 7.69. The van der Waals surface area contributed by atoms with Gasteiger partial charge in [0.05, 0.1) is 17.6 Å². The van der Waals surface area contributed by atoms with Gasteiger partial charge in [0.25, 0.3) is 0 Å². The molecule has 2 aromatic heterocycles. The predicted molar refractivity (Wildman–Crippen MR) is 63.2 cm³/mol. The van der Waals surface area contributed by atoms with E-state index in [0.29, 0.717) is 0 Å². The van der Waals surface area contributed by atoms with Gasteiger partial charge in [0.1, 0.15) is 0 Å². The lowest BCUT2D eigenvalue weighted by Gasteiger charge is -2.00. The Hall–Kier alpha value is -1.78. The zero-order valence-corrected chi connectivity index (χ0v) is 9.94. The van der Waals surface area contributed by atoms with Crippen molar-refractivity contribution in [3.8, 4) is 0 Å². The molecule has 1 N–H and O–H groups in total. The Bertz CT molecular complexity index is 468. The SMILES string of the molecule is CCn1cc(CNc2cnn(C)c2)c(C)n1. The van der Waals surface area contributed by atoms with Crippen molar-refractivity contribution in [2.24, 2.45) is 7.05 Å². The minimum absolute atomic E-state index is 0.789. The molecule has 0 unspecified atom stereocenters. The average molecular weight is 219 g/mol. The highest BCUT2D eigenvalue weighted by Crippen LogP contribution is 2.10. The third kappa shape index (κ3) is 2.24. The number of nitrogens with one attached hydrogen (secondary N) is 1. The standard InChI is InChI=1S/C11H17N5/c1-4-16-7-10(9(2)14-16)5-12-11-6-13-15(3)8-11/h6-8,12H,4-5H2,1-3H3. The van der Waals surface area contributed by atoms with E-state index in [1.807, 2.05) is 31.0 Å². The van der Waals surface area contributed by atoms with Crippen LogP contribution < -0.4 is 5.32 Å². The lowest BCUT2D eigenvalue weighted by Crippen LogP contribution is -1.98. The van der Waals surface area contributed by atoms with E-state index in [2.05, 4.69) is 28.6 Å². The summed E-state index contributed by atoms with van der Waals surface area (Å²) in [5.74, 6) is 0. The fourth-order valence-electron chi connectivity index (χ4n) is 1.60. The van der Waals surface area contributed by atoms with Gasteiger partial charge in [-0.05, 0) is 13.8 Å². The van der Waals surface area contributed by atoms with Crippen LogP contribution in [0.1, 0.15) is 18.2 Å². The van der Waals surface area contributed by atoms with Crippen LogP contribution in [0, 0.1) is 6.92 Å². The number of hydrogen-bond acceptors (Lipinski definition) is 3. The van der Waals surface area contributed by atoms with E-state index in [4.69, 9.17) is 0 Å². The van der Waals surface area contributed by atoms with Crippen molar-refractivity contribution in [1.82, 2.24) is 19.6 Å². The molecule has 16 heavy (non-hydrogen) atoms. The zero-order chi connectivity index (χ0) is 11.5. The van der Waals surface area contributed by atoms with Gasteiger partial charge < -0.3 is 5.32 Å². The molecule has 0 saturated heterocycles. The molecule has 0 spiro atoms. The van der Waals surface area contributed by atoms with Crippen LogP contribution in [-0.4, -0.2) is 19.6 Å². The summed E-state index contributed by atoms with van der Waals surface area (Å²) < 4.78 is 3.74. The molecule has 0 aromatic carbocycles. The third-order valence-corrected chi connectivity index (χ3v) is 2.56. The maximum absolute atomic E-state index is 4.40. The summed E-state index contributed by atoms with van der Waals surface area (Å²) >= 11 is 0. The fourth-order valence-corrected chi connectivity index (χ4v) is 1.60. The topological polar surface area (TPSA) is 47.7 Å². The first-order valence-electron chi connectivity index (χ1n) is 5.44. The first-order valence-corrected chi connectivity index (χ1v) is 5.44. The molecule has 5 heteroatoms. The first kappa shape index (κ1) is 10.7. The largest absolute Gasteiger partial charge is 0.378 e. The molecule has 2 aromatic rings. The van der Waals surface area contributed by atoms with Gasteiger partial charge >= 0.3 is 0 Å². The molecule has 2 rings (SSSR count). The van der Waals surface area contributed by atoms with Gasteiger partial charge in [-0.25, -0.2) is 0 Å². The Morgan fingerprint density at radius 3 is 2.75 bits per heavy atom. The number of nitrogens with zero attached hydrogens (tertiary/aromatic N) is 4. The van der Waals surface area contributed by atoms with Crippen LogP contribution in [0.2, 0.25) is 0 Å². The van der Waals surface area contributed by atoms with Crippen LogP contribution in [0.4, 0.5) is 5.69 Å². The third-order valence-electron chi connectivity index (χ3n) is 2.56. The average Bonchev–Trinajstić information content (AvgIpc) is 2.82. The van der Waals surface area contributed by atoms with Crippen LogP contribution in [0.5, 0.6) is 0 Å². The molecule has 0 aliphatic carbocycles. The van der Waals surface area contributed by atoms with E-state index in [9.17, 15) is 0 Å². The summed E-state index contributed by atoms with van der Waals surface area (Å²) in [5, 5.41) is 11.8. The van der Waals surface area contributed by atoms with E-state index in [1.165, 1.54) is 5.56 Å². The van der Waals surface area contributed by atoms with Gasteiger partial charge in [-0.2, -0.15) is 10.2 Å². The van der Waals surface area contributed by atoms with E-state index < -0.39 is 0 Å². The summed E-state index contributed by atoms with van der Waals surface area (Å²) in [5.41, 5.74) is 3.34. The Morgan fingerprint density at radius 1 is 1.38 bits per heavy atom. The Kier molecular flexibility index (Phi) is 2.94. The minimum Gasteiger partial charge on any atom is -0.378 e. The molecule has 0 aliphatic rings. The van der Waals surface area contributed by atoms with Crippen LogP contribution in [-0.2, 0) is 20.1 Å². The fraction of sp³-hybridized carbons (Fsp3) is 0.455. The summed E-state index contributed by atoms with van der Waals surface area (Å²) in [7, 11) is 1.91. The molecule has 0 atom stereocenters. The molecule has 0 amide bonds. The highest BCUT2D eigenvalue weighted by atomic mass is 15.3. The zero-order valence-electron chi connectivity index (χ0n) is 9.94. The molecule has 0 fully saturated rings. The van der Waals surface area contributed by atoms with Crippen LogP contribution >= 0.6 is 0 Å². The second-order valence-electron chi connectivity index (χ2n) is 3.85. The van der Waals surface area contributed by atoms with Crippen molar-refractivity contribution >= 4 is 5.69 Å². The summed E-state index contributed by atoms with van der Waals surface area (Å²) in [6, 6.07) is 0. The van der Waals surface area contributed by atoms with Crippen LogP contribution in [0.15, 0.2) is 18.6 Å². The Balaban J connectivity index is 2.01. The second-order valence-corrected chi connectivity index (χ2v) is 3.85. The van der Waals surface area contributed by atoms with Gasteiger partial charge in [-0.3, -0.25) is 9.36 Å². The molecular weight excluding hydrogens is 202 g/mol. The summed E-state index contributed by atoms with van der Waals surface area (Å²) in [6.45, 7) is 5.82. The van der Waals surface area contributed by atoms with Gasteiger partial charge in [-0.15, -0.1) is 0 Å². The highest BCUT2D eigenvalue weighted by molar-refractivity contribution is 5.39. The Labute approximate surface area is 95.1 Å². The van der Waals surface area contributed by atoms with Crippen molar-refractivity contribution in [1.29, 1.82) is 0 Å².